The fraction of sp³-hybridized carbons (Fsp3) is 0.857. The van der Waals surface area contributed by atoms with Crippen molar-refractivity contribution in [3.63, 3.8) is 0 Å². The van der Waals surface area contributed by atoms with E-state index in [0.29, 0.717) is 23.8 Å². The summed E-state index contributed by atoms with van der Waals surface area (Å²) in [6.07, 6.45) is 5.10. The number of carbonyl (C=O) groups is 2. The van der Waals surface area contributed by atoms with E-state index in [1.165, 1.54) is 6.42 Å². The van der Waals surface area contributed by atoms with Crippen LogP contribution in [0, 0.1) is 0 Å². The zero-order chi connectivity index (χ0) is 14.3. The number of hydrogen-bond donors (Lipinski definition) is 2. The first-order chi connectivity index (χ1) is 9.08. The second kappa shape index (κ2) is 8.46. The van der Waals surface area contributed by atoms with Gasteiger partial charge in [-0.2, -0.15) is 11.8 Å². The first-order valence-electron chi connectivity index (χ1n) is 7.26. The van der Waals surface area contributed by atoms with E-state index >= 15 is 0 Å². The molecule has 0 aromatic rings. The van der Waals surface area contributed by atoms with E-state index in [0.717, 1.165) is 25.0 Å². The molecule has 0 radical (unpaired) electrons. The highest BCUT2D eigenvalue weighted by atomic mass is 32.2. The molecule has 2 fully saturated rings. The molecule has 2 aliphatic heterocycles. The van der Waals surface area contributed by atoms with Crippen molar-refractivity contribution in [3.05, 3.63) is 0 Å². The summed E-state index contributed by atoms with van der Waals surface area (Å²) in [5.41, 5.74) is 0. The van der Waals surface area contributed by atoms with Gasteiger partial charge in [0.05, 0.1) is 12.1 Å². The summed E-state index contributed by atoms with van der Waals surface area (Å²) in [5, 5.41) is 6.43. The van der Waals surface area contributed by atoms with E-state index in [4.69, 9.17) is 0 Å². The van der Waals surface area contributed by atoms with Crippen molar-refractivity contribution in [3.8, 4) is 0 Å². The zero-order valence-electron chi connectivity index (χ0n) is 12.2. The van der Waals surface area contributed by atoms with Crippen LogP contribution >= 0.6 is 11.8 Å². The maximum Gasteiger partial charge on any atom is 0.315 e. The smallest absolute Gasteiger partial charge is 0.315 e. The summed E-state index contributed by atoms with van der Waals surface area (Å²) in [6, 6.07) is 0.592. The molecule has 2 N–H and O–H groups in total. The Hall–Kier alpha value is -0.710. The van der Waals surface area contributed by atoms with Crippen molar-refractivity contribution in [2.75, 3.05) is 5.75 Å². The minimum Gasteiger partial charge on any atom is -0.332 e. The third-order valence-electron chi connectivity index (χ3n) is 3.21. The predicted octanol–water partition coefficient (Wildman–Crippen LogP) is 2.72. The Kier molecular flexibility index (Phi) is 7.28. The molecule has 0 aromatic heterocycles. The number of urea groups is 1. The second-order valence-electron chi connectivity index (χ2n) is 5.28. The fourth-order valence-electron chi connectivity index (χ4n) is 2.36. The standard InChI is InChI=1S/C11H18N2O2S.C3H8/c1-7(14)4-2-3-5-9-10-8(6-16-9)12-11(15)13-10;1-3-2/h8-10H,2-6H2,1H3,(H2,12,13,15);3H2,1-2H3/t8-,9-,10-;/m0./s1. The minimum atomic E-state index is -0.0240. The molecule has 19 heavy (non-hydrogen) atoms. The van der Waals surface area contributed by atoms with Crippen LogP contribution in [-0.2, 0) is 4.79 Å². The van der Waals surface area contributed by atoms with E-state index in [1.807, 2.05) is 11.8 Å². The number of nitrogens with one attached hydrogen (secondary N) is 2. The maximum atomic E-state index is 11.1. The summed E-state index contributed by atoms with van der Waals surface area (Å²) in [5.74, 6) is 1.29. The third kappa shape index (κ3) is 5.43. The average molecular weight is 286 g/mol. The lowest BCUT2D eigenvalue weighted by molar-refractivity contribution is -0.117. The summed E-state index contributed by atoms with van der Waals surface area (Å²) in [4.78, 5) is 21.9. The van der Waals surface area contributed by atoms with E-state index in [2.05, 4.69) is 24.5 Å². The quantitative estimate of drug-likeness (QED) is 0.603. The largest absolute Gasteiger partial charge is 0.332 e. The molecule has 2 heterocycles. The van der Waals surface area contributed by atoms with Crippen molar-refractivity contribution in [1.29, 1.82) is 0 Å². The molecule has 5 heteroatoms. The molecule has 4 nitrogen and oxygen atoms in total. The molecule has 0 spiro atoms. The van der Waals surface area contributed by atoms with Crippen molar-refractivity contribution < 1.29 is 9.59 Å². The molecule has 2 saturated heterocycles. The summed E-state index contributed by atoms with van der Waals surface area (Å²) >= 11 is 1.93. The second-order valence-corrected chi connectivity index (χ2v) is 6.55. The van der Waals surface area contributed by atoms with Gasteiger partial charge in [-0.05, 0) is 19.8 Å². The topological polar surface area (TPSA) is 58.2 Å². The Morgan fingerprint density at radius 2 is 2.00 bits per heavy atom. The lowest BCUT2D eigenvalue weighted by atomic mass is 10.0. The molecule has 0 bridgehead atoms. The molecule has 3 atom stereocenters. The fourth-order valence-corrected chi connectivity index (χ4v) is 3.91. The van der Waals surface area contributed by atoms with Gasteiger partial charge in [0.15, 0.2) is 0 Å². The van der Waals surface area contributed by atoms with Crippen LogP contribution < -0.4 is 10.6 Å². The minimum absolute atomic E-state index is 0.0240. The first kappa shape index (κ1) is 16.3. The highest BCUT2D eigenvalue weighted by Crippen LogP contribution is 2.33. The number of amides is 2. The van der Waals surface area contributed by atoms with Gasteiger partial charge in [-0.3, -0.25) is 0 Å². The van der Waals surface area contributed by atoms with Crippen molar-refractivity contribution in [2.45, 2.75) is 70.2 Å². The third-order valence-corrected chi connectivity index (χ3v) is 4.71. The number of unbranched alkanes of at least 4 members (excludes halogenated alkanes) is 1. The van der Waals surface area contributed by atoms with Crippen LogP contribution in [-0.4, -0.2) is 34.9 Å². The Balaban J connectivity index is 0.000000550. The van der Waals surface area contributed by atoms with Gasteiger partial charge in [0.25, 0.3) is 0 Å². The maximum absolute atomic E-state index is 11.1. The van der Waals surface area contributed by atoms with Gasteiger partial charge in [-0.1, -0.05) is 26.7 Å². The highest BCUT2D eigenvalue weighted by Gasteiger charge is 2.42. The van der Waals surface area contributed by atoms with Gasteiger partial charge in [0, 0.05) is 17.4 Å². The molecular weight excluding hydrogens is 260 g/mol. The number of fused-ring (bicyclic) bond motifs is 1. The van der Waals surface area contributed by atoms with E-state index in [-0.39, 0.29) is 11.8 Å². The number of hydrogen-bond acceptors (Lipinski definition) is 3. The van der Waals surface area contributed by atoms with Gasteiger partial charge in [-0.15, -0.1) is 0 Å². The van der Waals surface area contributed by atoms with Crippen LogP contribution in [0.25, 0.3) is 0 Å². The van der Waals surface area contributed by atoms with Crippen LogP contribution in [0.1, 0.15) is 52.9 Å². The van der Waals surface area contributed by atoms with Gasteiger partial charge in [0.2, 0.25) is 0 Å². The van der Waals surface area contributed by atoms with Crippen LogP contribution in [0.2, 0.25) is 0 Å². The molecule has 2 amide bonds. The average Bonchev–Trinajstić information content (AvgIpc) is 2.85. The molecule has 0 aliphatic carbocycles. The number of ketones is 1. The number of thioether (sulfide) groups is 1. The number of rotatable bonds is 5. The van der Waals surface area contributed by atoms with Crippen molar-refractivity contribution in [1.82, 2.24) is 10.6 Å². The number of carbonyl (C=O) groups excluding carboxylic acids is 2. The summed E-state index contributed by atoms with van der Waals surface area (Å²) in [7, 11) is 0. The van der Waals surface area contributed by atoms with Gasteiger partial charge < -0.3 is 15.4 Å². The lowest BCUT2D eigenvalue weighted by Gasteiger charge is -2.16. The SMILES string of the molecule is CC(=O)CCCC[C@@H]1SC[C@@H]2NC(=O)N[C@@H]21.CCC. The predicted molar refractivity (Wildman–Crippen MR) is 80.6 cm³/mol. The first-order valence-corrected chi connectivity index (χ1v) is 8.31. The molecule has 0 aromatic carbocycles. The summed E-state index contributed by atoms with van der Waals surface area (Å²) in [6.45, 7) is 5.89. The molecule has 0 unspecified atom stereocenters. The van der Waals surface area contributed by atoms with Gasteiger partial charge in [-0.25, -0.2) is 4.79 Å². The molecule has 110 valence electrons. The Morgan fingerprint density at radius 1 is 1.32 bits per heavy atom. The van der Waals surface area contributed by atoms with Crippen LogP contribution in [0.15, 0.2) is 0 Å². The molecular formula is C14H26N2O2S. The van der Waals surface area contributed by atoms with E-state index in [1.54, 1.807) is 6.92 Å². The Bertz CT molecular complexity index is 310. The normalized spacial score (nSPS) is 27.9. The van der Waals surface area contributed by atoms with Crippen LogP contribution in [0.3, 0.4) is 0 Å². The van der Waals surface area contributed by atoms with Crippen LogP contribution in [0.5, 0.6) is 0 Å². The van der Waals surface area contributed by atoms with Crippen molar-refractivity contribution >= 4 is 23.6 Å². The van der Waals surface area contributed by atoms with E-state index < -0.39 is 0 Å². The monoisotopic (exact) mass is 286 g/mol. The van der Waals surface area contributed by atoms with Crippen LogP contribution in [0.4, 0.5) is 4.79 Å². The van der Waals surface area contributed by atoms with Gasteiger partial charge >= 0.3 is 6.03 Å². The number of Topliss-reactive ketones (excluding diaryl/α,β-unsaturated/α-hetero) is 1. The molecule has 2 aliphatic rings. The Morgan fingerprint density at radius 3 is 2.63 bits per heavy atom. The van der Waals surface area contributed by atoms with Crippen molar-refractivity contribution in [2.24, 2.45) is 0 Å². The Labute approximate surface area is 120 Å². The zero-order valence-corrected chi connectivity index (χ0v) is 13.0. The summed E-state index contributed by atoms with van der Waals surface area (Å²) < 4.78 is 0. The van der Waals surface area contributed by atoms with Gasteiger partial charge in [0.1, 0.15) is 5.78 Å². The molecule has 0 saturated carbocycles. The molecule has 2 rings (SSSR count). The lowest BCUT2D eigenvalue weighted by Crippen LogP contribution is -2.36. The highest BCUT2D eigenvalue weighted by molar-refractivity contribution is 8.00. The van der Waals surface area contributed by atoms with E-state index in [9.17, 15) is 9.59 Å².